The van der Waals surface area contributed by atoms with E-state index in [0.717, 1.165) is 16.9 Å². The van der Waals surface area contributed by atoms with Crippen LogP contribution in [0.2, 0.25) is 0 Å². The minimum absolute atomic E-state index is 0.0987. The van der Waals surface area contributed by atoms with Gasteiger partial charge in [-0.05, 0) is 31.9 Å². The second-order valence-electron chi connectivity index (χ2n) is 3.99. The lowest BCUT2D eigenvalue weighted by Gasteiger charge is -2.14. The summed E-state index contributed by atoms with van der Waals surface area (Å²) in [5, 5.41) is 0. The summed E-state index contributed by atoms with van der Waals surface area (Å²) in [6.45, 7) is 7.74. The molecule has 3 heteroatoms. The highest BCUT2D eigenvalue weighted by molar-refractivity contribution is 5.39. The number of aryl methyl sites for hydroxylation is 2. The number of nitrogens with two attached hydrogens (primary N) is 1. The third kappa shape index (κ3) is 3.83. The highest BCUT2D eigenvalue weighted by Gasteiger charge is 2.03. The molecule has 0 saturated heterocycles. The molecule has 1 aromatic carbocycles. The van der Waals surface area contributed by atoms with Crippen molar-refractivity contribution in [2.45, 2.75) is 26.9 Å². The SMILES string of the molecule is Cc1cccc(C)c1OCCOC(C)CN. The fraction of sp³-hybridized carbons (Fsp3) is 0.538. The normalized spacial score (nSPS) is 12.5. The average molecular weight is 223 g/mol. The van der Waals surface area contributed by atoms with E-state index in [0.29, 0.717) is 19.8 Å². The summed E-state index contributed by atoms with van der Waals surface area (Å²) in [6, 6.07) is 6.13. The molecule has 90 valence electrons. The van der Waals surface area contributed by atoms with Gasteiger partial charge in [-0.1, -0.05) is 18.2 Å². The molecule has 0 amide bonds. The summed E-state index contributed by atoms with van der Waals surface area (Å²) in [7, 11) is 0. The molecular formula is C13H21NO2. The van der Waals surface area contributed by atoms with Crippen molar-refractivity contribution in [3.05, 3.63) is 29.3 Å². The van der Waals surface area contributed by atoms with E-state index in [1.54, 1.807) is 0 Å². The van der Waals surface area contributed by atoms with Crippen LogP contribution in [0.3, 0.4) is 0 Å². The van der Waals surface area contributed by atoms with E-state index in [9.17, 15) is 0 Å². The molecular weight excluding hydrogens is 202 g/mol. The Kier molecular flexibility index (Phi) is 5.29. The molecule has 0 aromatic heterocycles. The molecule has 0 saturated carbocycles. The second-order valence-corrected chi connectivity index (χ2v) is 3.99. The third-order valence-electron chi connectivity index (χ3n) is 2.47. The van der Waals surface area contributed by atoms with Crippen LogP contribution in [0.4, 0.5) is 0 Å². The standard InChI is InChI=1S/C13H21NO2/c1-10-5-4-6-11(2)13(10)16-8-7-15-12(3)9-14/h4-6,12H,7-9,14H2,1-3H3. The van der Waals surface area contributed by atoms with Crippen molar-refractivity contribution in [1.82, 2.24) is 0 Å². The topological polar surface area (TPSA) is 44.5 Å². The van der Waals surface area contributed by atoms with Crippen LogP contribution in [0.25, 0.3) is 0 Å². The van der Waals surface area contributed by atoms with Crippen molar-refractivity contribution in [3.8, 4) is 5.75 Å². The molecule has 0 heterocycles. The molecule has 16 heavy (non-hydrogen) atoms. The Morgan fingerprint density at radius 1 is 1.19 bits per heavy atom. The van der Waals surface area contributed by atoms with Gasteiger partial charge < -0.3 is 15.2 Å². The van der Waals surface area contributed by atoms with E-state index in [2.05, 4.69) is 0 Å². The molecule has 0 bridgehead atoms. The molecule has 0 spiro atoms. The fourth-order valence-electron chi connectivity index (χ4n) is 1.49. The molecule has 0 aliphatic rings. The quantitative estimate of drug-likeness (QED) is 0.751. The minimum Gasteiger partial charge on any atom is -0.491 e. The van der Waals surface area contributed by atoms with Crippen molar-refractivity contribution in [1.29, 1.82) is 0 Å². The Labute approximate surface area is 97.6 Å². The molecule has 0 aliphatic carbocycles. The summed E-state index contributed by atoms with van der Waals surface area (Å²) in [5.74, 6) is 0.964. The van der Waals surface area contributed by atoms with E-state index in [4.69, 9.17) is 15.2 Å². The van der Waals surface area contributed by atoms with Crippen LogP contribution >= 0.6 is 0 Å². The molecule has 0 aliphatic heterocycles. The smallest absolute Gasteiger partial charge is 0.125 e. The van der Waals surface area contributed by atoms with Gasteiger partial charge in [-0.2, -0.15) is 0 Å². The molecule has 1 rings (SSSR count). The van der Waals surface area contributed by atoms with Gasteiger partial charge in [-0.15, -0.1) is 0 Å². The monoisotopic (exact) mass is 223 g/mol. The molecule has 2 N–H and O–H groups in total. The molecule has 3 nitrogen and oxygen atoms in total. The zero-order valence-electron chi connectivity index (χ0n) is 10.3. The van der Waals surface area contributed by atoms with Gasteiger partial charge >= 0.3 is 0 Å². The van der Waals surface area contributed by atoms with E-state index in [1.807, 2.05) is 39.0 Å². The van der Waals surface area contributed by atoms with E-state index < -0.39 is 0 Å². The van der Waals surface area contributed by atoms with E-state index in [1.165, 1.54) is 0 Å². The first-order valence-corrected chi connectivity index (χ1v) is 5.66. The number of para-hydroxylation sites is 1. The number of benzene rings is 1. The Morgan fingerprint density at radius 2 is 1.81 bits per heavy atom. The van der Waals surface area contributed by atoms with Crippen molar-refractivity contribution >= 4 is 0 Å². The molecule has 1 atom stereocenters. The first-order valence-electron chi connectivity index (χ1n) is 5.66. The van der Waals surface area contributed by atoms with Gasteiger partial charge in [-0.3, -0.25) is 0 Å². The van der Waals surface area contributed by atoms with Crippen molar-refractivity contribution in [2.75, 3.05) is 19.8 Å². The summed E-state index contributed by atoms with van der Waals surface area (Å²) >= 11 is 0. The molecule has 0 fully saturated rings. The fourth-order valence-corrected chi connectivity index (χ4v) is 1.49. The molecule has 1 unspecified atom stereocenters. The zero-order valence-corrected chi connectivity index (χ0v) is 10.3. The Hall–Kier alpha value is -1.06. The van der Waals surface area contributed by atoms with Crippen LogP contribution < -0.4 is 10.5 Å². The van der Waals surface area contributed by atoms with Crippen molar-refractivity contribution in [2.24, 2.45) is 5.73 Å². The predicted molar refractivity (Wildman–Crippen MR) is 65.9 cm³/mol. The highest BCUT2D eigenvalue weighted by Crippen LogP contribution is 2.21. The van der Waals surface area contributed by atoms with Gasteiger partial charge in [-0.25, -0.2) is 0 Å². The molecule has 0 radical (unpaired) electrons. The maximum Gasteiger partial charge on any atom is 0.125 e. The average Bonchev–Trinajstić information content (AvgIpc) is 2.27. The minimum atomic E-state index is 0.0987. The third-order valence-corrected chi connectivity index (χ3v) is 2.47. The summed E-state index contributed by atoms with van der Waals surface area (Å²) in [5.41, 5.74) is 7.77. The van der Waals surface area contributed by atoms with Gasteiger partial charge in [0.25, 0.3) is 0 Å². The second kappa shape index (κ2) is 6.51. The number of hydrogen-bond donors (Lipinski definition) is 1. The number of rotatable bonds is 6. The first kappa shape index (κ1) is 13.0. The summed E-state index contributed by atoms with van der Waals surface area (Å²) in [4.78, 5) is 0. The lowest BCUT2D eigenvalue weighted by atomic mass is 10.1. The van der Waals surface area contributed by atoms with Gasteiger partial charge in [0, 0.05) is 6.54 Å². The van der Waals surface area contributed by atoms with Gasteiger partial charge in [0.2, 0.25) is 0 Å². The maximum absolute atomic E-state index is 5.70. The first-order chi connectivity index (χ1) is 7.65. The van der Waals surface area contributed by atoms with E-state index in [-0.39, 0.29) is 6.10 Å². The highest BCUT2D eigenvalue weighted by atomic mass is 16.5. The predicted octanol–water partition coefficient (Wildman–Crippen LogP) is 2.05. The van der Waals surface area contributed by atoms with Gasteiger partial charge in [0.05, 0.1) is 12.7 Å². The van der Waals surface area contributed by atoms with Crippen molar-refractivity contribution in [3.63, 3.8) is 0 Å². The number of hydrogen-bond acceptors (Lipinski definition) is 3. The van der Waals surface area contributed by atoms with Crippen LogP contribution in [-0.4, -0.2) is 25.9 Å². The Bertz CT molecular complexity index is 305. The maximum atomic E-state index is 5.70. The van der Waals surface area contributed by atoms with Crippen LogP contribution in [-0.2, 0) is 4.74 Å². The number of ether oxygens (including phenoxy) is 2. The lowest BCUT2D eigenvalue weighted by molar-refractivity contribution is 0.0494. The van der Waals surface area contributed by atoms with E-state index >= 15 is 0 Å². The van der Waals surface area contributed by atoms with Crippen LogP contribution in [0.5, 0.6) is 5.75 Å². The summed E-state index contributed by atoms with van der Waals surface area (Å²) < 4.78 is 11.1. The van der Waals surface area contributed by atoms with Crippen LogP contribution in [0, 0.1) is 13.8 Å². The zero-order chi connectivity index (χ0) is 12.0. The van der Waals surface area contributed by atoms with Gasteiger partial charge in [0.15, 0.2) is 0 Å². The Balaban J connectivity index is 2.37. The largest absolute Gasteiger partial charge is 0.491 e. The summed E-state index contributed by atoms with van der Waals surface area (Å²) in [6.07, 6.45) is 0.0987. The molecule has 1 aromatic rings. The lowest BCUT2D eigenvalue weighted by Crippen LogP contribution is -2.22. The Morgan fingerprint density at radius 3 is 2.38 bits per heavy atom. The van der Waals surface area contributed by atoms with Crippen LogP contribution in [0.1, 0.15) is 18.1 Å². The van der Waals surface area contributed by atoms with Crippen LogP contribution in [0.15, 0.2) is 18.2 Å². The van der Waals surface area contributed by atoms with Crippen molar-refractivity contribution < 1.29 is 9.47 Å². The van der Waals surface area contributed by atoms with Gasteiger partial charge in [0.1, 0.15) is 12.4 Å².